The summed E-state index contributed by atoms with van der Waals surface area (Å²) in [5.74, 6) is -3.93. The van der Waals surface area contributed by atoms with E-state index in [4.69, 9.17) is 4.74 Å². The van der Waals surface area contributed by atoms with Gasteiger partial charge >= 0.3 is 0 Å². The fourth-order valence-electron chi connectivity index (χ4n) is 1.81. The van der Waals surface area contributed by atoms with Crippen LogP contribution in [0.15, 0.2) is 17.1 Å². The van der Waals surface area contributed by atoms with Crippen LogP contribution in [0.4, 0.5) is 13.2 Å². The molecule has 1 heterocycles. The molecule has 1 aliphatic rings. The lowest BCUT2D eigenvalue weighted by Gasteiger charge is -2.25. The number of hydrogen-bond acceptors (Lipinski definition) is 2. The van der Waals surface area contributed by atoms with Crippen molar-refractivity contribution in [1.29, 1.82) is 0 Å². The molecule has 1 aliphatic heterocycles. The topological polar surface area (TPSA) is 21.6 Å². The van der Waals surface area contributed by atoms with Crippen LogP contribution in [0.5, 0.6) is 0 Å². The number of ether oxygens (including phenoxy) is 1. The average molecular weight is 229 g/mol. The van der Waals surface area contributed by atoms with E-state index in [0.29, 0.717) is 12.8 Å². The van der Waals surface area contributed by atoms with E-state index in [2.05, 4.69) is 4.99 Å². The molecule has 1 aromatic rings. The van der Waals surface area contributed by atoms with Gasteiger partial charge < -0.3 is 4.74 Å². The van der Waals surface area contributed by atoms with Gasteiger partial charge in [0.25, 0.3) is 0 Å². The van der Waals surface area contributed by atoms with Gasteiger partial charge in [-0.05, 0) is 18.6 Å². The van der Waals surface area contributed by atoms with Crippen molar-refractivity contribution in [2.75, 3.05) is 7.11 Å². The van der Waals surface area contributed by atoms with Crippen LogP contribution in [0.2, 0.25) is 0 Å². The zero-order chi connectivity index (χ0) is 11.8. The molecular formula is C11H10F3NO. The number of benzene rings is 1. The lowest BCUT2D eigenvalue weighted by molar-refractivity contribution is -0.00597. The van der Waals surface area contributed by atoms with Crippen molar-refractivity contribution in [1.82, 2.24) is 0 Å². The van der Waals surface area contributed by atoms with Gasteiger partial charge in [0, 0.05) is 25.3 Å². The highest BCUT2D eigenvalue weighted by atomic mass is 19.2. The summed E-state index contributed by atoms with van der Waals surface area (Å²) in [6.45, 7) is 0. The molecule has 0 aliphatic carbocycles. The van der Waals surface area contributed by atoms with Crippen molar-refractivity contribution in [2.24, 2.45) is 4.99 Å². The summed E-state index contributed by atoms with van der Waals surface area (Å²) in [6.07, 6.45) is 2.78. The second-order valence-electron chi connectivity index (χ2n) is 3.59. The van der Waals surface area contributed by atoms with Gasteiger partial charge in [0.2, 0.25) is 0 Å². The predicted molar refractivity (Wildman–Crippen MR) is 52.7 cm³/mol. The largest absolute Gasteiger partial charge is 0.353 e. The molecule has 0 N–H and O–H groups in total. The molecule has 0 spiro atoms. The Balaban J connectivity index is 2.51. The molecule has 0 radical (unpaired) electrons. The van der Waals surface area contributed by atoms with Gasteiger partial charge in [-0.1, -0.05) is 0 Å². The highest BCUT2D eigenvalue weighted by Gasteiger charge is 2.35. The van der Waals surface area contributed by atoms with Gasteiger partial charge in [-0.2, -0.15) is 0 Å². The first-order valence-corrected chi connectivity index (χ1v) is 4.83. The molecule has 1 aromatic carbocycles. The summed E-state index contributed by atoms with van der Waals surface area (Å²) in [6, 6.07) is 1.84. The molecule has 2 rings (SSSR count). The molecular weight excluding hydrogens is 219 g/mol. The lowest BCUT2D eigenvalue weighted by Crippen LogP contribution is -2.23. The standard InChI is InChI=1S/C11H10F3NO/c1-16-11(3-2-4-15-11)7-5-8(12)10(14)9(13)6-7/h4-6H,2-3H2,1H3. The molecule has 1 atom stereocenters. The van der Waals surface area contributed by atoms with Crippen LogP contribution in [0, 0.1) is 17.5 Å². The Kier molecular flexibility index (Phi) is 2.71. The van der Waals surface area contributed by atoms with Gasteiger partial charge in [-0.25, -0.2) is 13.2 Å². The second kappa shape index (κ2) is 3.90. The van der Waals surface area contributed by atoms with Crippen LogP contribution < -0.4 is 0 Å². The number of rotatable bonds is 2. The molecule has 5 heteroatoms. The van der Waals surface area contributed by atoms with E-state index >= 15 is 0 Å². The van der Waals surface area contributed by atoms with Crippen molar-refractivity contribution < 1.29 is 17.9 Å². The molecule has 0 saturated carbocycles. The van der Waals surface area contributed by atoms with Crippen LogP contribution in [0.25, 0.3) is 0 Å². The zero-order valence-corrected chi connectivity index (χ0v) is 8.64. The third-order valence-corrected chi connectivity index (χ3v) is 2.68. The zero-order valence-electron chi connectivity index (χ0n) is 8.64. The molecule has 0 bridgehead atoms. The van der Waals surface area contributed by atoms with Gasteiger partial charge in [-0.3, -0.25) is 4.99 Å². The second-order valence-corrected chi connectivity index (χ2v) is 3.59. The summed E-state index contributed by atoms with van der Waals surface area (Å²) in [7, 11) is 1.40. The van der Waals surface area contributed by atoms with Crippen molar-refractivity contribution in [3.63, 3.8) is 0 Å². The molecule has 0 saturated heterocycles. The maximum absolute atomic E-state index is 13.1. The van der Waals surface area contributed by atoms with E-state index in [1.165, 1.54) is 7.11 Å². The summed E-state index contributed by atoms with van der Waals surface area (Å²) in [4.78, 5) is 4.06. The maximum Gasteiger partial charge on any atom is 0.194 e. The van der Waals surface area contributed by atoms with Gasteiger partial charge in [-0.15, -0.1) is 0 Å². The minimum Gasteiger partial charge on any atom is -0.353 e. The number of aliphatic imine (C=N–C) groups is 1. The van der Waals surface area contributed by atoms with Gasteiger partial charge in [0.05, 0.1) is 0 Å². The van der Waals surface area contributed by atoms with Crippen molar-refractivity contribution >= 4 is 6.21 Å². The van der Waals surface area contributed by atoms with Crippen LogP contribution in [-0.4, -0.2) is 13.3 Å². The molecule has 0 fully saturated rings. The fourth-order valence-corrected chi connectivity index (χ4v) is 1.81. The first-order valence-electron chi connectivity index (χ1n) is 4.83. The molecule has 1 unspecified atom stereocenters. The smallest absolute Gasteiger partial charge is 0.194 e. The van der Waals surface area contributed by atoms with E-state index in [9.17, 15) is 13.2 Å². The fraction of sp³-hybridized carbons (Fsp3) is 0.364. The number of methoxy groups -OCH3 is 1. The highest BCUT2D eigenvalue weighted by Crippen LogP contribution is 2.36. The summed E-state index contributed by atoms with van der Waals surface area (Å²) >= 11 is 0. The van der Waals surface area contributed by atoms with Crippen LogP contribution in [0.1, 0.15) is 18.4 Å². The highest BCUT2D eigenvalue weighted by molar-refractivity contribution is 5.61. The first kappa shape index (κ1) is 11.1. The normalized spacial score (nSPS) is 24.0. The SMILES string of the molecule is COC1(c2cc(F)c(F)c(F)c2)CCC=N1. The summed E-state index contributed by atoms with van der Waals surface area (Å²) < 4.78 is 44.1. The van der Waals surface area contributed by atoms with E-state index in [-0.39, 0.29) is 5.56 Å². The quantitative estimate of drug-likeness (QED) is 0.714. The Morgan fingerprint density at radius 1 is 1.25 bits per heavy atom. The van der Waals surface area contributed by atoms with Crippen molar-refractivity contribution in [3.8, 4) is 0 Å². The number of nitrogens with zero attached hydrogens (tertiary/aromatic N) is 1. The average Bonchev–Trinajstić information content (AvgIpc) is 2.75. The lowest BCUT2D eigenvalue weighted by atomic mass is 10.00. The third kappa shape index (κ3) is 1.61. The minimum atomic E-state index is -1.48. The minimum absolute atomic E-state index is 0.195. The Hall–Kier alpha value is -1.36. The maximum atomic E-state index is 13.1. The van der Waals surface area contributed by atoms with Gasteiger partial charge in [0.1, 0.15) is 0 Å². The molecule has 2 nitrogen and oxygen atoms in total. The Bertz CT molecular complexity index is 424. The number of halogens is 3. The summed E-state index contributed by atoms with van der Waals surface area (Å²) in [5, 5.41) is 0. The van der Waals surface area contributed by atoms with Crippen LogP contribution in [-0.2, 0) is 10.5 Å². The summed E-state index contributed by atoms with van der Waals surface area (Å²) in [5.41, 5.74) is -0.879. The molecule has 0 aromatic heterocycles. The van der Waals surface area contributed by atoms with Crippen molar-refractivity contribution in [3.05, 3.63) is 35.1 Å². The molecule has 16 heavy (non-hydrogen) atoms. The van der Waals surface area contributed by atoms with E-state index in [1.54, 1.807) is 6.21 Å². The van der Waals surface area contributed by atoms with Crippen LogP contribution >= 0.6 is 0 Å². The van der Waals surface area contributed by atoms with E-state index < -0.39 is 23.2 Å². The van der Waals surface area contributed by atoms with Crippen LogP contribution in [0.3, 0.4) is 0 Å². The first-order chi connectivity index (χ1) is 7.59. The molecule has 86 valence electrons. The number of hydrogen-bond donors (Lipinski definition) is 0. The van der Waals surface area contributed by atoms with E-state index in [1.807, 2.05) is 0 Å². The van der Waals surface area contributed by atoms with E-state index in [0.717, 1.165) is 12.1 Å². The third-order valence-electron chi connectivity index (χ3n) is 2.68. The Morgan fingerprint density at radius 3 is 2.31 bits per heavy atom. The van der Waals surface area contributed by atoms with Gasteiger partial charge in [0.15, 0.2) is 23.2 Å². The van der Waals surface area contributed by atoms with Crippen molar-refractivity contribution in [2.45, 2.75) is 18.6 Å². The predicted octanol–water partition coefficient (Wildman–Crippen LogP) is 2.77. The Labute approximate surface area is 90.8 Å². The monoisotopic (exact) mass is 229 g/mol. The molecule has 0 amide bonds. The Morgan fingerprint density at radius 2 is 1.88 bits per heavy atom.